The molecule has 1 N–H and O–H groups in total. The van der Waals surface area contributed by atoms with Crippen LogP contribution in [0, 0.1) is 5.92 Å². The first-order chi connectivity index (χ1) is 9.84. The fourth-order valence-corrected chi connectivity index (χ4v) is 2.89. The van der Waals surface area contributed by atoms with Crippen LogP contribution in [0.4, 0.5) is 0 Å². The zero-order chi connectivity index (χ0) is 16.5. The predicted octanol–water partition coefficient (Wildman–Crippen LogP) is 3.06. The minimum absolute atomic E-state index is 0.178. The van der Waals surface area contributed by atoms with E-state index in [9.17, 15) is 4.79 Å². The number of nitrogens with zero attached hydrogens (tertiary/aromatic N) is 1. The lowest BCUT2D eigenvalue weighted by Gasteiger charge is -2.33. The molecule has 21 heavy (non-hydrogen) atoms. The van der Waals surface area contributed by atoms with Gasteiger partial charge in [0, 0.05) is 12.6 Å². The lowest BCUT2D eigenvalue weighted by molar-refractivity contribution is -0.148. The van der Waals surface area contributed by atoms with Crippen molar-refractivity contribution in [1.29, 1.82) is 0 Å². The van der Waals surface area contributed by atoms with Crippen LogP contribution < -0.4 is 5.32 Å². The molecule has 0 aliphatic heterocycles. The maximum atomic E-state index is 11.9. The van der Waals surface area contributed by atoms with E-state index in [2.05, 4.69) is 37.9 Å². The van der Waals surface area contributed by atoms with Gasteiger partial charge in [0.1, 0.15) is 5.54 Å². The number of hydrogen-bond donors (Lipinski definition) is 1. The number of carbonyl (C=O) groups excluding carboxylic acids is 1. The molecule has 0 radical (unpaired) electrons. The van der Waals surface area contributed by atoms with E-state index < -0.39 is 5.54 Å². The van der Waals surface area contributed by atoms with E-state index in [0.29, 0.717) is 12.0 Å². The van der Waals surface area contributed by atoms with E-state index in [1.165, 1.54) is 20.0 Å². The second-order valence-corrected chi connectivity index (χ2v) is 6.54. The Hall–Kier alpha value is -0.610. The average Bonchev–Trinajstić information content (AvgIpc) is 2.46. The monoisotopic (exact) mass is 300 g/mol. The Morgan fingerprint density at radius 2 is 1.86 bits per heavy atom. The van der Waals surface area contributed by atoms with Gasteiger partial charge in [-0.2, -0.15) is 0 Å². The summed E-state index contributed by atoms with van der Waals surface area (Å²) >= 11 is 0. The minimum Gasteiger partial charge on any atom is -0.468 e. The molecule has 0 aromatic heterocycles. The molecule has 0 aromatic rings. The van der Waals surface area contributed by atoms with Crippen molar-refractivity contribution in [1.82, 2.24) is 10.2 Å². The number of hydrogen-bond acceptors (Lipinski definition) is 4. The number of carbonyl (C=O) groups is 1. The summed E-state index contributed by atoms with van der Waals surface area (Å²) in [5, 5.41) is 3.11. The van der Waals surface area contributed by atoms with Crippen molar-refractivity contribution in [2.45, 2.75) is 71.9 Å². The van der Waals surface area contributed by atoms with Crippen molar-refractivity contribution in [3.05, 3.63) is 0 Å². The van der Waals surface area contributed by atoms with E-state index in [4.69, 9.17) is 4.74 Å². The maximum Gasteiger partial charge on any atom is 0.325 e. The topological polar surface area (TPSA) is 41.6 Å². The number of ether oxygens (including phenoxy) is 1. The highest BCUT2D eigenvalue weighted by Gasteiger charge is 2.32. The molecule has 126 valence electrons. The van der Waals surface area contributed by atoms with Gasteiger partial charge < -0.3 is 15.0 Å². The molecule has 1 unspecified atom stereocenters. The van der Waals surface area contributed by atoms with Gasteiger partial charge in [-0.3, -0.25) is 4.79 Å². The number of methoxy groups -OCH3 is 1. The quantitative estimate of drug-likeness (QED) is 0.595. The van der Waals surface area contributed by atoms with Crippen LogP contribution in [0.25, 0.3) is 0 Å². The molecule has 0 aromatic carbocycles. The molecule has 1 atom stereocenters. The first-order valence-corrected chi connectivity index (χ1v) is 8.35. The lowest BCUT2D eigenvalue weighted by atomic mass is 9.95. The second kappa shape index (κ2) is 10.2. The highest BCUT2D eigenvalue weighted by molar-refractivity contribution is 5.80. The van der Waals surface area contributed by atoms with Crippen molar-refractivity contribution < 1.29 is 9.53 Å². The average molecular weight is 300 g/mol. The molecule has 0 fully saturated rings. The third kappa shape index (κ3) is 6.79. The molecule has 0 spiro atoms. The summed E-state index contributed by atoms with van der Waals surface area (Å²) in [5.74, 6) is 0.491. The molecule has 0 saturated carbocycles. The van der Waals surface area contributed by atoms with Crippen molar-refractivity contribution >= 4 is 5.97 Å². The molecule has 0 heterocycles. The van der Waals surface area contributed by atoms with Gasteiger partial charge in [0.25, 0.3) is 0 Å². The van der Waals surface area contributed by atoms with Gasteiger partial charge in [0.15, 0.2) is 0 Å². The SMILES string of the molecule is CCC(CC)N(CCCC(C)(NC)C(=O)OC)CC(C)C. The Balaban J connectivity index is 4.57. The molecule has 0 rings (SSSR count). The molecule has 4 nitrogen and oxygen atoms in total. The smallest absolute Gasteiger partial charge is 0.325 e. The first-order valence-electron chi connectivity index (χ1n) is 8.35. The minimum atomic E-state index is -0.577. The molecular weight excluding hydrogens is 264 g/mol. The summed E-state index contributed by atoms with van der Waals surface area (Å²) in [4.78, 5) is 14.4. The number of nitrogens with one attached hydrogen (secondary N) is 1. The molecule has 0 aliphatic rings. The molecule has 4 heteroatoms. The van der Waals surface area contributed by atoms with Crippen molar-refractivity contribution in [3.8, 4) is 0 Å². The normalized spacial score (nSPS) is 14.8. The van der Waals surface area contributed by atoms with Crippen LogP contribution in [0.5, 0.6) is 0 Å². The van der Waals surface area contributed by atoms with Gasteiger partial charge in [-0.25, -0.2) is 0 Å². The summed E-state index contributed by atoms with van der Waals surface area (Å²) < 4.78 is 4.90. The van der Waals surface area contributed by atoms with E-state index in [-0.39, 0.29) is 5.97 Å². The fourth-order valence-electron chi connectivity index (χ4n) is 2.89. The van der Waals surface area contributed by atoms with Crippen LogP contribution in [-0.4, -0.2) is 49.7 Å². The van der Waals surface area contributed by atoms with Gasteiger partial charge in [-0.15, -0.1) is 0 Å². The molecule has 0 saturated heterocycles. The first kappa shape index (κ1) is 20.4. The maximum absolute atomic E-state index is 11.9. The summed E-state index contributed by atoms with van der Waals surface area (Å²) in [7, 11) is 3.27. The Morgan fingerprint density at radius 3 is 2.24 bits per heavy atom. The Morgan fingerprint density at radius 1 is 1.29 bits per heavy atom. The summed E-state index contributed by atoms with van der Waals surface area (Å²) in [5.41, 5.74) is -0.577. The second-order valence-electron chi connectivity index (χ2n) is 6.54. The van der Waals surface area contributed by atoms with Gasteiger partial charge in [-0.05, 0) is 52.1 Å². The third-order valence-corrected chi connectivity index (χ3v) is 4.37. The van der Waals surface area contributed by atoms with E-state index in [1.54, 1.807) is 0 Å². The molecular formula is C17H36N2O2. The van der Waals surface area contributed by atoms with Gasteiger partial charge in [0.2, 0.25) is 0 Å². The van der Waals surface area contributed by atoms with Crippen LogP contribution in [0.2, 0.25) is 0 Å². The van der Waals surface area contributed by atoms with E-state index in [1.807, 2.05) is 14.0 Å². The standard InChI is InChI=1S/C17H36N2O2/c1-8-15(9-2)19(13-14(3)4)12-10-11-17(5,18-6)16(20)21-7/h14-15,18H,8-13H2,1-7H3. The van der Waals surface area contributed by atoms with E-state index in [0.717, 1.165) is 25.9 Å². The van der Waals surface area contributed by atoms with Gasteiger partial charge >= 0.3 is 5.97 Å². The number of esters is 1. The fraction of sp³-hybridized carbons (Fsp3) is 0.941. The highest BCUT2D eigenvalue weighted by atomic mass is 16.5. The third-order valence-electron chi connectivity index (χ3n) is 4.37. The largest absolute Gasteiger partial charge is 0.468 e. The number of likely N-dealkylation sites (N-methyl/N-ethyl adjacent to an activating group) is 1. The molecule has 0 aliphatic carbocycles. The Labute approximate surface area is 131 Å². The summed E-state index contributed by atoms with van der Waals surface area (Å²) in [6.45, 7) is 13.1. The van der Waals surface area contributed by atoms with E-state index >= 15 is 0 Å². The zero-order valence-electron chi connectivity index (χ0n) is 15.2. The molecule has 0 amide bonds. The van der Waals surface area contributed by atoms with Crippen LogP contribution in [0.1, 0.15) is 60.3 Å². The van der Waals surface area contributed by atoms with Crippen molar-refractivity contribution in [3.63, 3.8) is 0 Å². The van der Waals surface area contributed by atoms with Crippen LogP contribution in [-0.2, 0) is 9.53 Å². The van der Waals surface area contributed by atoms with Gasteiger partial charge in [0.05, 0.1) is 7.11 Å². The molecule has 0 bridgehead atoms. The van der Waals surface area contributed by atoms with Crippen LogP contribution in [0.15, 0.2) is 0 Å². The van der Waals surface area contributed by atoms with Crippen LogP contribution >= 0.6 is 0 Å². The predicted molar refractivity (Wildman–Crippen MR) is 89.5 cm³/mol. The Bertz CT molecular complexity index is 291. The summed E-state index contributed by atoms with van der Waals surface area (Å²) in [6, 6.07) is 0.645. The lowest BCUT2D eigenvalue weighted by Crippen LogP contribution is -2.49. The van der Waals surface area contributed by atoms with Crippen molar-refractivity contribution in [2.24, 2.45) is 5.92 Å². The van der Waals surface area contributed by atoms with Crippen molar-refractivity contribution in [2.75, 3.05) is 27.2 Å². The summed E-state index contributed by atoms with van der Waals surface area (Å²) in [6.07, 6.45) is 4.16. The zero-order valence-corrected chi connectivity index (χ0v) is 15.2. The Kier molecular flexibility index (Phi) is 9.88. The highest BCUT2D eigenvalue weighted by Crippen LogP contribution is 2.17. The number of rotatable bonds is 11. The van der Waals surface area contributed by atoms with Gasteiger partial charge in [-0.1, -0.05) is 27.7 Å². The van der Waals surface area contributed by atoms with Crippen LogP contribution in [0.3, 0.4) is 0 Å².